The van der Waals surface area contributed by atoms with Gasteiger partial charge in [-0.15, -0.1) is 5.69 Å². The summed E-state index contributed by atoms with van der Waals surface area (Å²) in [5, 5.41) is 0. The third kappa shape index (κ3) is 3.94. The van der Waals surface area contributed by atoms with Crippen LogP contribution in [0.25, 0.3) is 11.4 Å². The first kappa shape index (κ1) is 21.5. The molecule has 3 aromatic rings. The third-order valence-corrected chi connectivity index (χ3v) is 5.18. The standard InChI is InChI=1S/C24H26N4.Ir/c1-16(2)19-12-9-13-20(17(3)4)22(19)23-25-14-21-24(26-23)27(5)15-28(21)18-10-7-6-8-11-18;/h6-10,12-17H,1-5H3;/q-2;. The van der Waals surface area contributed by atoms with Crippen molar-refractivity contribution in [2.75, 3.05) is 16.8 Å². The number of anilines is 3. The van der Waals surface area contributed by atoms with Gasteiger partial charge in [-0.25, -0.2) is 9.97 Å². The van der Waals surface area contributed by atoms with E-state index in [0.717, 1.165) is 23.0 Å². The Labute approximate surface area is 187 Å². The average molecular weight is 563 g/mol. The molecule has 1 radical (unpaired) electrons. The van der Waals surface area contributed by atoms with Gasteiger partial charge < -0.3 is 9.80 Å². The molecule has 0 saturated carbocycles. The number of hydrogen-bond acceptors (Lipinski definition) is 4. The van der Waals surface area contributed by atoms with Crippen LogP contribution >= 0.6 is 0 Å². The summed E-state index contributed by atoms with van der Waals surface area (Å²) in [6, 6.07) is 17.8. The molecule has 0 spiro atoms. The third-order valence-electron chi connectivity index (χ3n) is 5.18. The number of rotatable bonds is 4. The maximum absolute atomic E-state index is 4.99. The van der Waals surface area contributed by atoms with Gasteiger partial charge in [0.15, 0.2) is 5.82 Å². The van der Waals surface area contributed by atoms with Crippen LogP contribution in [0.1, 0.15) is 50.7 Å². The van der Waals surface area contributed by atoms with Crippen molar-refractivity contribution in [1.29, 1.82) is 0 Å². The molecule has 0 amide bonds. The Bertz CT molecular complexity index is 959. The summed E-state index contributed by atoms with van der Waals surface area (Å²) in [6.07, 6.45) is 1.93. The average Bonchev–Trinajstić information content (AvgIpc) is 3.04. The van der Waals surface area contributed by atoms with Gasteiger partial charge in [0.1, 0.15) is 5.82 Å². The van der Waals surface area contributed by atoms with Crippen molar-refractivity contribution in [3.63, 3.8) is 0 Å². The minimum atomic E-state index is 0. The molecule has 0 aliphatic carbocycles. The SMILES string of the molecule is CC(C)c1cccc(C(C)C)c1-c1ncc2c(n1)N(C)[CH-]N2c1[c-]cccc1.[Ir]. The second kappa shape index (κ2) is 8.64. The van der Waals surface area contributed by atoms with Gasteiger partial charge in [0.25, 0.3) is 0 Å². The fourth-order valence-corrected chi connectivity index (χ4v) is 3.74. The largest absolute Gasteiger partial charge is 0.491 e. The molecule has 153 valence electrons. The number of hydrogen-bond donors (Lipinski definition) is 0. The molecule has 0 atom stereocenters. The number of fused-ring (bicyclic) bond motifs is 1. The molecule has 1 aliphatic heterocycles. The van der Waals surface area contributed by atoms with Crippen LogP contribution in [-0.2, 0) is 20.1 Å². The van der Waals surface area contributed by atoms with Crippen LogP contribution in [0.4, 0.5) is 17.2 Å². The predicted octanol–water partition coefficient (Wildman–Crippen LogP) is 5.90. The molecule has 0 saturated heterocycles. The summed E-state index contributed by atoms with van der Waals surface area (Å²) in [7, 11) is 2.02. The molecule has 2 aromatic carbocycles. The van der Waals surface area contributed by atoms with E-state index in [-0.39, 0.29) is 20.1 Å². The van der Waals surface area contributed by atoms with Gasteiger partial charge in [0.05, 0.1) is 11.9 Å². The van der Waals surface area contributed by atoms with Gasteiger partial charge in [-0.05, 0) is 30.0 Å². The Balaban J connectivity index is 0.00000240. The van der Waals surface area contributed by atoms with Crippen LogP contribution in [0.15, 0.2) is 48.7 Å². The summed E-state index contributed by atoms with van der Waals surface area (Å²) < 4.78 is 0. The molecular weight excluding hydrogens is 537 g/mol. The number of benzene rings is 2. The van der Waals surface area contributed by atoms with Crippen molar-refractivity contribution in [3.05, 3.63) is 72.5 Å². The van der Waals surface area contributed by atoms with Crippen LogP contribution in [-0.4, -0.2) is 17.0 Å². The van der Waals surface area contributed by atoms with Crippen LogP contribution in [0.2, 0.25) is 0 Å². The minimum Gasteiger partial charge on any atom is -0.491 e. The first-order chi connectivity index (χ1) is 13.5. The first-order valence-corrected chi connectivity index (χ1v) is 9.81. The molecule has 0 bridgehead atoms. The fourth-order valence-electron chi connectivity index (χ4n) is 3.74. The number of para-hydroxylation sites is 1. The summed E-state index contributed by atoms with van der Waals surface area (Å²) in [5.74, 6) is 2.52. The summed E-state index contributed by atoms with van der Waals surface area (Å²) in [6.45, 7) is 10.9. The molecule has 4 rings (SSSR count). The van der Waals surface area contributed by atoms with Gasteiger partial charge in [-0.1, -0.05) is 45.9 Å². The summed E-state index contributed by atoms with van der Waals surface area (Å²) in [4.78, 5) is 13.9. The van der Waals surface area contributed by atoms with E-state index in [2.05, 4.69) is 56.9 Å². The Hall–Kier alpha value is -2.23. The van der Waals surface area contributed by atoms with E-state index < -0.39 is 0 Å². The smallest absolute Gasteiger partial charge is 0.162 e. The fraction of sp³-hybridized carbons (Fsp3) is 0.292. The van der Waals surface area contributed by atoms with Crippen LogP contribution < -0.4 is 9.80 Å². The van der Waals surface area contributed by atoms with Crippen molar-refractivity contribution >= 4 is 17.2 Å². The van der Waals surface area contributed by atoms with E-state index in [4.69, 9.17) is 9.97 Å². The zero-order chi connectivity index (χ0) is 19.8. The second-order valence-electron chi connectivity index (χ2n) is 7.87. The maximum Gasteiger partial charge on any atom is 0.162 e. The monoisotopic (exact) mass is 563 g/mol. The van der Waals surface area contributed by atoms with Gasteiger partial charge >= 0.3 is 0 Å². The van der Waals surface area contributed by atoms with Gasteiger partial charge in [0.2, 0.25) is 0 Å². The van der Waals surface area contributed by atoms with E-state index in [0.29, 0.717) is 11.8 Å². The van der Waals surface area contributed by atoms with Crippen molar-refractivity contribution in [3.8, 4) is 11.4 Å². The molecule has 1 aliphatic rings. The van der Waals surface area contributed by atoms with Crippen molar-refractivity contribution in [1.82, 2.24) is 9.97 Å². The molecule has 1 aromatic heterocycles. The summed E-state index contributed by atoms with van der Waals surface area (Å²) >= 11 is 0. The van der Waals surface area contributed by atoms with Crippen LogP contribution in [0.5, 0.6) is 0 Å². The van der Waals surface area contributed by atoms with Crippen molar-refractivity contribution in [2.24, 2.45) is 0 Å². The molecule has 5 heteroatoms. The Kier molecular flexibility index (Phi) is 6.40. The van der Waals surface area contributed by atoms with Crippen molar-refractivity contribution in [2.45, 2.75) is 39.5 Å². The maximum atomic E-state index is 4.99. The quantitative estimate of drug-likeness (QED) is 0.371. The van der Waals surface area contributed by atoms with E-state index in [1.54, 1.807) is 0 Å². The minimum absolute atomic E-state index is 0. The molecule has 0 N–H and O–H groups in total. The van der Waals surface area contributed by atoms with Gasteiger partial charge in [-0.2, -0.15) is 37.0 Å². The van der Waals surface area contributed by atoms with Crippen LogP contribution in [0, 0.1) is 12.7 Å². The zero-order valence-electron chi connectivity index (χ0n) is 17.5. The Morgan fingerprint density at radius 3 is 2.24 bits per heavy atom. The number of nitrogens with zero attached hydrogens (tertiary/aromatic N) is 4. The normalized spacial score (nSPS) is 13.1. The molecule has 2 heterocycles. The first-order valence-electron chi connectivity index (χ1n) is 9.81. The summed E-state index contributed by atoms with van der Waals surface area (Å²) in [5.41, 5.74) is 5.72. The van der Waals surface area contributed by atoms with E-state index in [9.17, 15) is 0 Å². The van der Waals surface area contributed by atoms with E-state index >= 15 is 0 Å². The molecule has 0 fully saturated rings. The predicted molar refractivity (Wildman–Crippen MR) is 116 cm³/mol. The zero-order valence-corrected chi connectivity index (χ0v) is 19.9. The van der Waals surface area contributed by atoms with E-state index in [1.807, 2.05) is 49.1 Å². The molecular formula is C24H26IrN4-2. The van der Waals surface area contributed by atoms with Gasteiger partial charge in [-0.3, -0.25) is 0 Å². The second-order valence-corrected chi connectivity index (χ2v) is 7.87. The van der Waals surface area contributed by atoms with Crippen molar-refractivity contribution < 1.29 is 20.1 Å². The molecule has 0 unspecified atom stereocenters. The van der Waals surface area contributed by atoms with Gasteiger partial charge in [0, 0.05) is 25.7 Å². The van der Waals surface area contributed by atoms with Crippen LogP contribution in [0.3, 0.4) is 0 Å². The number of aromatic nitrogens is 2. The Morgan fingerprint density at radius 2 is 1.66 bits per heavy atom. The molecule has 4 nitrogen and oxygen atoms in total. The topological polar surface area (TPSA) is 32.3 Å². The Morgan fingerprint density at radius 1 is 0.966 bits per heavy atom. The van der Waals surface area contributed by atoms with E-state index in [1.165, 1.54) is 16.7 Å². The molecule has 29 heavy (non-hydrogen) atoms.